The van der Waals surface area contributed by atoms with Crippen LogP contribution in [-0.2, 0) is 9.59 Å². The number of allylic oxidation sites excluding steroid dienone is 1. The van der Waals surface area contributed by atoms with E-state index in [1.807, 2.05) is 11.8 Å². The second-order valence-corrected chi connectivity index (χ2v) is 6.96. The lowest BCUT2D eigenvalue weighted by Crippen LogP contribution is -2.54. The molecule has 0 spiro atoms. The molecule has 0 bridgehead atoms. The number of nitrogens with zero attached hydrogens (tertiary/aromatic N) is 7. The van der Waals surface area contributed by atoms with Crippen LogP contribution in [0.4, 0.5) is 0 Å². The van der Waals surface area contributed by atoms with Gasteiger partial charge in [-0.3, -0.25) is 9.59 Å². The number of aromatic hydroxyl groups is 1. The summed E-state index contributed by atoms with van der Waals surface area (Å²) in [5.74, 6) is -0.873. The van der Waals surface area contributed by atoms with Gasteiger partial charge in [0.25, 0.3) is 11.8 Å². The molecule has 2 amide bonds. The summed E-state index contributed by atoms with van der Waals surface area (Å²) >= 11 is 0. The van der Waals surface area contributed by atoms with Crippen molar-refractivity contribution in [2.75, 3.05) is 39.4 Å². The van der Waals surface area contributed by atoms with Gasteiger partial charge in [0.1, 0.15) is 25.0 Å². The van der Waals surface area contributed by atoms with Crippen molar-refractivity contribution in [3.8, 4) is 5.75 Å². The van der Waals surface area contributed by atoms with E-state index < -0.39 is 0 Å². The van der Waals surface area contributed by atoms with Crippen molar-refractivity contribution in [2.45, 2.75) is 20.3 Å². The number of aldehydes is 1. The zero-order valence-electron chi connectivity index (χ0n) is 17.1. The fourth-order valence-corrected chi connectivity index (χ4v) is 3.69. The summed E-state index contributed by atoms with van der Waals surface area (Å²) in [6, 6.07) is 0. The predicted molar refractivity (Wildman–Crippen MR) is 107 cm³/mol. The van der Waals surface area contributed by atoms with E-state index in [0.29, 0.717) is 44.0 Å². The molecule has 1 aromatic heterocycles. The zero-order valence-corrected chi connectivity index (χ0v) is 17.1. The first-order valence-electron chi connectivity index (χ1n) is 9.67. The Morgan fingerprint density at radius 3 is 2.60 bits per heavy atom. The standard InChI is InChI=1S/C19H25N7O4/c1-4-14-16(19(30)26(20-3)12-25(14)9-10-27)23-5-7-24(8-6-23)18(29)15-17(28)13(2)21-11-22-15/h10-11,28H,3-9,12H2,1-2H3. The monoisotopic (exact) mass is 415 g/mol. The van der Waals surface area contributed by atoms with Gasteiger partial charge in [-0.1, -0.05) is 6.92 Å². The maximum absolute atomic E-state index is 12.9. The van der Waals surface area contributed by atoms with E-state index in [-0.39, 0.29) is 36.5 Å². The van der Waals surface area contributed by atoms with Gasteiger partial charge in [0.2, 0.25) is 0 Å². The highest BCUT2D eigenvalue weighted by Gasteiger charge is 2.36. The van der Waals surface area contributed by atoms with Crippen molar-refractivity contribution in [3.63, 3.8) is 0 Å². The van der Waals surface area contributed by atoms with Gasteiger partial charge < -0.3 is 24.6 Å². The van der Waals surface area contributed by atoms with Gasteiger partial charge in [0.05, 0.1) is 12.2 Å². The van der Waals surface area contributed by atoms with Gasteiger partial charge in [-0.15, -0.1) is 0 Å². The molecule has 160 valence electrons. The van der Waals surface area contributed by atoms with Crippen LogP contribution in [0, 0.1) is 6.92 Å². The lowest BCUT2D eigenvalue weighted by Gasteiger charge is -2.43. The van der Waals surface area contributed by atoms with Gasteiger partial charge in [-0.2, -0.15) is 5.10 Å². The molecule has 0 radical (unpaired) electrons. The summed E-state index contributed by atoms with van der Waals surface area (Å²) in [6.45, 7) is 8.85. The Morgan fingerprint density at radius 1 is 1.30 bits per heavy atom. The van der Waals surface area contributed by atoms with Crippen molar-refractivity contribution in [1.82, 2.24) is 29.7 Å². The maximum Gasteiger partial charge on any atom is 0.293 e. The zero-order chi connectivity index (χ0) is 21.8. The molecule has 0 aromatic carbocycles. The van der Waals surface area contributed by atoms with Crippen molar-refractivity contribution in [3.05, 3.63) is 29.1 Å². The molecule has 0 unspecified atom stereocenters. The Bertz CT molecular complexity index is 893. The smallest absolute Gasteiger partial charge is 0.293 e. The average molecular weight is 415 g/mol. The van der Waals surface area contributed by atoms with Gasteiger partial charge in [-0.05, 0) is 13.3 Å². The minimum atomic E-state index is -0.380. The molecule has 1 aromatic rings. The normalized spacial score (nSPS) is 17.5. The minimum absolute atomic E-state index is 0.0302. The number of aryl methyl sites for hydroxylation is 1. The lowest BCUT2D eigenvalue weighted by atomic mass is 10.1. The largest absolute Gasteiger partial charge is 0.504 e. The maximum atomic E-state index is 12.9. The summed E-state index contributed by atoms with van der Waals surface area (Å²) in [6.07, 6.45) is 2.61. The molecule has 0 aliphatic carbocycles. The third kappa shape index (κ3) is 3.82. The van der Waals surface area contributed by atoms with Gasteiger partial charge in [0.15, 0.2) is 11.4 Å². The van der Waals surface area contributed by atoms with E-state index in [1.165, 1.54) is 11.3 Å². The Labute approximate surface area is 174 Å². The van der Waals surface area contributed by atoms with E-state index >= 15 is 0 Å². The summed E-state index contributed by atoms with van der Waals surface area (Å²) in [5.41, 5.74) is 1.56. The number of carbonyl (C=O) groups excluding carboxylic acids is 3. The van der Waals surface area contributed by atoms with Gasteiger partial charge in [-0.25, -0.2) is 15.0 Å². The molecule has 3 rings (SSSR count). The van der Waals surface area contributed by atoms with Gasteiger partial charge in [0, 0.05) is 38.6 Å². The first kappa shape index (κ1) is 21.2. The number of piperazine rings is 1. The molecule has 30 heavy (non-hydrogen) atoms. The molecule has 2 aliphatic rings. The molecular formula is C19H25N7O4. The second kappa shape index (κ2) is 8.89. The summed E-state index contributed by atoms with van der Waals surface area (Å²) in [5, 5.41) is 15.1. The Hall–Kier alpha value is -3.50. The summed E-state index contributed by atoms with van der Waals surface area (Å²) in [7, 11) is 0. The Morgan fingerprint density at radius 2 is 2.00 bits per heavy atom. The van der Waals surface area contributed by atoms with E-state index in [0.717, 1.165) is 12.0 Å². The van der Waals surface area contributed by atoms with Crippen molar-refractivity contribution in [2.24, 2.45) is 5.10 Å². The van der Waals surface area contributed by atoms with E-state index in [9.17, 15) is 19.5 Å². The SMILES string of the molecule is C=NN1CN(CC=O)C(CC)=C(N2CCN(C(=O)c3ncnc(C)c3O)CC2)C1=O. The Balaban J connectivity index is 1.80. The first-order valence-corrected chi connectivity index (χ1v) is 9.67. The molecule has 0 atom stereocenters. The van der Waals surface area contributed by atoms with E-state index in [1.54, 1.807) is 16.7 Å². The molecular weight excluding hydrogens is 390 g/mol. The summed E-state index contributed by atoms with van der Waals surface area (Å²) < 4.78 is 0. The number of aromatic nitrogens is 2. The molecule has 2 aliphatic heterocycles. The predicted octanol–water partition coefficient (Wildman–Crippen LogP) is -0.214. The van der Waals surface area contributed by atoms with Crippen LogP contribution in [0.5, 0.6) is 5.75 Å². The quantitative estimate of drug-likeness (QED) is 0.500. The number of amides is 2. The van der Waals surface area contributed by atoms with Crippen molar-refractivity contribution >= 4 is 24.8 Å². The van der Waals surface area contributed by atoms with Crippen molar-refractivity contribution in [1.29, 1.82) is 0 Å². The molecule has 11 heteroatoms. The van der Waals surface area contributed by atoms with Crippen LogP contribution in [0.3, 0.4) is 0 Å². The number of rotatable bonds is 6. The van der Waals surface area contributed by atoms with Crippen LogP contribution in [0.25, 0.3) is 0 Å². The third-order valence-corrected chi connectivity index (χ3v) is 5.29. The van der Waals surface area contributed by atoms with Crippen LogP contribution >= 0.6 is 0 Å². The number of hydrazone groups is 1. The van der Waals surface area contributed by atoms with Crippen molar-refractivity contribution < 1.29 is 19.5 Å². The molecule has 3 heterocycles. The third-order valence-electron chi connectivity index (χ3n) is 5.29. The molecule has 0 saturated carbocycles. The average Bonchev–Trinajstić information content (AvgIpc) is 2.76. The number of carbonyl (C=O) groups is 3. The number of hydrogen-bond donors (Lipinski definition) is 1. The topological polar surface area (TPSA) is 123 Å². The van der Waals surface area contributed by atoms with Crippen LogP contribution < -0.4 is 0 Å². The second-order valence-electron chi connectivity index (χ2n) is 6.96. The number of hydrogen-bond acceptors (Lipinski definition) is 9. The fraction of sp³-hybridized carbons (Fsp3) is 0.474. The van der Waals surface area contributed by atoms with Gasteiger partial charge >= 0.3 is 0 Å². The van der Waals surface area contributed by atoms with E-state index in [4.69, 9.17) is 0 Å². The highest BCUT2D eigenvalue weighted by molar-refractivity contribution is 5.96. The first-order chi connectivity index (χ1) is 14.4. The fourth-order valence-electron chi connectivity index (χ4n) is 3.69. The minimum Gasteiger partial charge on any atom is -0.504 e. The molecule has 1 fully saturated rings. The van der Waals surface area contributed by atoms with Crippen LogP contribution in [0.15, 0.2) is 22.8 Å². The lowest BCUT2D eigenvalue weighted by molar-refractivity contribution is -0.133. The van der Waals surface area contributed by atoms with Crippen LogP contribution in [0.2, 0.25) is 0 Å². The Kier molecular flexibility index (Phi) is 6.28. The molecule has 11 nitrogen and oxygen atoms in total. The highest BCUT2D eigenvalue weighted by Crippen LogP contribution is 2.27. The van der Waals surface area contributed by atoms with Crippen LogP contribution in [-0.4, -0.2) is 99.0 Å². The molecule has 1 saturated heterocycles. The van der Waals surface area contributed by atoms with E-state index in [2.05, 4.69) is 21.8 Å². The summed E-state index contributed by atoms with van der Waals surface area (Å²) in [4.78, 5) is 49.9. The highest BCUT2D eigenvalue weighted by atomic mass is 16.3. The molecule has 1 N–H and O–H groups in total. The van der Waals surface area contributed by atoms with Crippen LogP contribution in [0.1, 0.15) is 29.5 Å².